The van der Waals surface area contributed by atoms with E-state index in [4.69, 9.17) is 4.84 Å². The molecular weight excluding hydrogens is 336 g/mol. The number of hydrogen-bond donors (Lipinski definition) is 2. The van der Waals surface area contributed by atoms with Gasteiger partial charge in [-0.15, -0.1) is 0 Å². The summed E-state index contributed by atoms with van der Waals surface area (Å²) >= 11 is 0. The second-order valence-electron chi connectivity index (χ2n) is 7.05. The molecule has 2 aromatic carbocycles. The van der Waals surface area contributed by atoms with Crippen molar-refractivity contribution in [3.8, 4) is 0 Å². The minimum absolute atomic E-state index is 0.433. The first-order valence-corrected chi connectivity index (χ1v) is 9.53. The summed E-state index contributed by atoms with van der Waals surface area (Å²) in [6, 6.07) is 14.7. The molecule has 0 amide bonds. The molecule has 0 aromatic heterocycles. The van der Waals surface area contributed by atoms with Gasteiger partial charge < -0.3 is 15.3 Å². The average Bonchev–Trinajstić information content (AvgIpc) is 3.08. The largest absolute Gasteiger partial charge is 0.360 e. The number of benzene rings is 2. The highest BCUT2D eigenvalue weighted by atomic mass is 16.7. The number of rotatable bonds is 7. The zero-order valence-corrected chi connectivity index (χ0v) is 16.3. The first kappa shape index (κ1) is 19.3. The molecule has 1 heterocycles. The van der Waals surface area contributed by atoms with Gasteiger partial charge in [0, 0.05) is 19.5 Å². The number of hydrogen-bond acceptors (Lipinski definition) is 4. The summed E-state index contributed by atoms with van der Waals surface area (Å²) < 4.78 is 0. The zero-order chi connectivity index (χ0) is 19.3. The van der Waals surface area contributed by atoms with Crippen LogP contribution in [0.5, 0.6) is 0 Å². The van der Waals surface area contributed by atoms with Crippen molar-refractivity contribution in [1.82, 2.24) is 5.32 Å². The number of allylic oxidation sites excluding steroid dienone is 1. The Labute approximate surface area is 161 Å². The molecular formula is C23H28N2O2. The molecule has 2 N–H and O–H groups in total. The van der Waals surface area contributed by atoms with Gasteiger partial charge in [0.15, 0.2) is 0 Å². The van der Waals surface area contributed by atoms with Crippen molar-refractivity contribution in [2.45, 2.75) is 52.5 Å². The molecule has 142 valence electrons. The fourth-order valence-electron chi connectivity index (χ4n) is 3.27. The number of nitrogens with one attached hydrogen (secondary N) is 1. The Balaban J connectivity index is 1.58. The average molecular weight is 364 g/mol. The molecule has 27 heavy (non-hydrogen) atoms. The van der Waals surface area contributed by atoms with Gasteiger partial charge in [0.25, 0.3) is 0 Å². The molecule has 1 unspecified atom stereocenters. The van der Waals surface area contributed by atoms with E-state index in [1.807, 2.05) is 26.0 Å². The number of oxime groups is 1. The summed E-state index contributed by atoms with van der Waals surface area (Å²) in [5, 5.41) is 17.7. The van der Waals surface area contributed by atoms with Crippen molar-refractivity contribution in [3.63, 3.8) is 0 Å². The summed E-state index contributed by atoms with van der Waals surface area (Å²) in [6.07, 6.45) is 5.21. The van der Waals surface area contributed by atoms with Crippen LogP contribution >= 0.6 is 0 Å². The van der Waals surface area contributed by atoms with Crippen molar-refractivity contribution in [2.75, 3.05) is 0 Å². The Hall–Kier alpha value is -2.43. The summed E-state index contributed by atoms with van der Waals surface area (Å²) in [5.74, 6) is -1.14. The lowest BCUT2D eigenvalue weighted by Crippen LogP contribution is -2.27. The fraction of sp³-hybridized carbons (Fsp3) is 0.348. The van der Waals surface area contributed by atoms with Crippen LogP contribution < -0.4 is 5.32 Å². The van der Waals surface area contributed by atoms with E-state index >= 15 is 0 Å². The molecule has 1 aliphatic rings. The molecule has 2 aromatic rings. The third-order valence-corrected chi connectivity index (χ3v) is 5.00. The Morgan fingerprint density at radius 1 is 1.19 bits per heavy atom. The van der Waals surface area contributed by atoms with Crippen molar-refractivity contribution >= 4 is 11.8 Å². The lowest BCUT2D eigenvalue weighted by atomic mass is 10.00. The molecule has 0 saturated heterocycles. The topological polar surface area (TPSA) is 53.9 Å². The van der Waals surface area contributed by atoms with E-state index in [-0.39, 0.29) is 0 Å². The number of aliphatic hydroxyl groups is 1. The highest BCUT2D eigenvalue weighted by Crippen LogP contribution is 2.27. The molecule has 0 radical (unpaired) electrons. The predicted molar refractivity (Wildman–Crippen MR) is 110 cm³/mol. The van der Waals surface area contributed by atoms with Gasteiger partial charge in [-0.05, 0) is 41.7 Å². The monoisotopic (exact) mass is 364 g/mol. The normalized spacial score (nSPS) is 19.3. The summed E-state index contributed by atoms with van der Waals surface area (Å²) in [5.41, 5.74) is 6.91. The van der Waals surface area contributed by atoms with E-state index in [1.165, 1.54) is 22.3 Å². The Morgan fingerprint density at radius 2 is 1.96 bits per heavy atom. The molecule has 0 aliphatic carbocycles. The van der Waals surface area contributed by atoms with E-state index in [0.717, 1.165) is 24.4 Å². The Morgan fingerprint density at radius 3 is 2.63 bits per heavy atom. The van der Waals surface area contributed by atoms with Gasteiger partial charge in [0.05, 0.1) is 12.1 Å². The quantitative estimate of drug-likeness (QED) is 0.758. The molecule has 0 spiro atoms. The van der Waals surface area contributed by atoms with Crippen LogP contribution in [0.2, 0.25) is 0 Å². The molecule has 0 fully saturated rings. The zero-order valence-electron chi connectivity index (χ0n) is 16.3. The van der Waals surface area contributed by atoms with Crippen LogP contribution in [-0.2, 0) is 17.9 Å². The number of nitrogens with zero attached hydrogens (tertiary/aromatic N) is 1. The van der Waals surface area contributed by atoms with Gasteiger partial charge >= 0.3 is 0 Å². The maximum atomic E-state index is 10.1. The lowest BCUT2D eigenvalue weighted by molar-refractivity contribution is -0.186. The van der Waals surface area contributed by atoms with Crippen molar-refractivity contribution in [3.05, 3.63) is 76.4 Å². The maximum absolute atomic E-state index is 10.1. The lowest BCUT2D eigenvalue weighted by Gasteiger charge is -2.16. The molecule has 4 nitrogen and oxygen atoms in total. The van der Waals surface area contributed by atoms with E-state index in [9.17, 15) is 5.11 Å². The first-order valence-electron chi connectivity index (χ1n) is 9.53. The Bertz CT molecular complexity index is 840. The van der Waals surface area contributed by atoms with Gasteiger partial charge in [0.2, 0.25) is 5.79 Å². The standard InChI is InChI=1S/C23H28N2O2/c1-4-7-21-17(3)8-6-9-20(21)16-24-15-18-10-12-19(13-11-18)22-14-23(26,5-2)27-25-22/h4,6-13,24,26H,5,14-16H2,1-3H3/b7-4-. The summed E-state index contributed by atoms with van der Waals surface area (Å²) in [7, 11) is 0. The van der Waals surface area contributed by atoms with E-state index < -0.39 is 5.79 Å². The van der Waals surface area contributed by atoms with Crippen LogP contribution in [-0.4, -0.2) is 16.6 Å². The first-order chi connectivity index (χ1) is 13.0. The van der Waals surface area contributed by atoms with Crippen molar-refractivity contribution in [2.24, 2.45) is 5.16 Å². The van der Waals surface area contributed by atoms with Gasteiger partial charge in [-0.3, -0.25) is 0 Å². The molecule has 0 saturated carbocycles. The van der Waals surface area contributed by atoms with Crippen LogP contribution in [0.1, 0.15) is 54.5 Å². The van der Waals surface area contributed by atoms with Crippen LogP contribution in [0.4, 0.5) is 0 Å². The highest BCUT2D eigenvalue weighted by molar-refractivity contribution is 6.01. The molecule has 1 aliphatic heterocycles. The number of aryl methyl sites for hydroxylation is 1. The second-order valence-corrected chi connectivity index (χ2v) is 7.05. The van der Waals surface area contributed by atoms with E-state index in [1.54, 1.807) is 0 Å². The van der Waals surface area contributed by atoms with Gasteiger partial charge in [-0.1, -0.05) is 66.7 Å². The predicted octanol–water partition coefficient (Wildman–Crippen LogP) is 4.54. The van der Waals surface area contributed by atoms with Crippen LogP contribution in [0.15, 0.2) is 53.7 Å². The third-order valence-electron chi connectivity index (χ3n) is 5.00. The maximum Gasteiger partial charge on any atom is 0.239 e. The van der Waals surface area contributed by atoms with Gasteiger partial charge in [-0.25, -0.2) is 0 Å². The fourth-order valence-corrected chi connectivity index (χ4v) is 3.27. The molecule has 1 atom stereocenters. The van der Waals surface area contributed by atoms with Crippen LogP contribution in [0.25, 0.3) is 6.08 Å². The Kier molecular flexibility index (Phi) is 6.09. The van der Waals surface area contributed by atoms with E-state index in [0.29, 0.717) is 12.8 Å². The molecule has 0 bridgehead atoms. The van der Waals surface area contributed by atoms with Gasteiger partial charge in [-0.2, -0.15) is 0 Å². The van der Waals surface area contributed by atoms with Gasteiger partial charge in [0.1, 0.15) is 0 Å². The highest BCUT2D eigenvalue weighted by Gasteiger charge is 2.35. The third kappa shape index (κ3) is 4.65. The van der Waals surface area contributed by atoms with E-state index in [2.05, 4.69) is 59.9 Å². The summed E-state index contributed by atoms with van der Waals surface area (Å²) in [6.45, 7) is 7.71. The SMILES string of the molecule is C/C=C\c1c(C)cccc1CNCc1ccc(C2=NOC(O)(CC)C2)cc1. The van der Waals surface area contributed by atoms with Crippen LogP contribution in [0.3, 0.4) is 0 Å². The second kappa shape index (κ2) is 8.51. The summed E-state index contributed by atoms with van der Waals surface area (Å²) in [4.78, 5) is 5.17. The minimum atomic E-state index is -1.14. The van der Waals surface area contributed by atoms with Crippen LogP contribution in [0, 0.1) is 6.92 Å². The van der Waals surface area contributed by atoms with Crippen molar-refractivity contribution in [1.29, 1.82) is 0 Å². The smallest absolute Gasteiger partial charge is 0.239 e. The molecule has 3 rings (SSSR count). The molecule has 4 heteroatoms. The minimum Gasteiger partial charge on any atom is -0.360 e. The van der Waals surface area contributed by atoms with Crippen molar-refractivity contribution < 1.29 is 9.94 Å².